The van der Waals surface area contributed by atoms with E-state index in [1.165, 1.54) is 30.0 Å². The van der Waals surface area contributed by atoms with Crippen LogP contribution in [-0.2, 0) is 9.84 Å². The SMILES string of the molecule is CCS(=O)(=O)c1ccccc1N1CC[C@](O)(C(F)(F)F)C1. The van der Waals surface area contributed by atoms with E-state index in [1.54, 1.807) is 6.07 Å². The molecule has 2 rings (SSSR count). The fraction of sp³-hybridized carbons (Fsp3) is 0.538. The van der Waals surface area contributed by atoms with E-state index in [9.17, 15) is 26.7 Å². The summed E-state index contributed by atoms with van der Waals surface area (Å²) in [5.41, 5.74) is -2.59. The molecule has 0 spiro atoms. The van der Waals surface area contributed by atoms with Crippen molar-refractivity contribution in [1.29, 1.82) is 0 Å². The van der Waals surface area contributed by atoms with Gasteiger partial charge in [-0.2, -0.15) is 13.2 Å². The maximum absolute atomic E-state index is 12.8. The average Bonchev–Trinajstić information content (AvgIpc) is 2.82. The highest BCUT2D eigenvalue weighted by atomic mass is 32.2. The van der Waals surface area contributed by atoms with Gasteiger partial charge >= 0.3 is 6.18 Å². The topological polar surface area (TPSA) is 57.6 Å². The Morgan fingerprint density at radius 3 is 2.48 bits per heavy atom. The van der Waals surface area contributed by atoms with E-state index < -0.39 is 34.6 Å². The first-order valence-corrected chi connectivity index (χ1v) is 8.12. The van der Waals surface area contributed by atoms with Crippen LogP contribution in [0.1, 0.15) is 13.3 Å². The standard InChI is InChI=1S/C13H16F3NO3S/c1-2-21(19,20)11-6-4-3-5-10(11)17-8-7-12(18,9-17)13(14,15)16/h3-6,18H,2,7-9H2,1H3/t12-/m1/s1. The Bertz CT molecular complexity index is 630. The predicted molar refractivity (Wildman–Crippen MR) is 72.0 cm³/mol. The Labute approximate surface area is 121 Å². The summed E-state index contributed by atoms with van der Waals surface area (Å²) in [5.74, 6) is -0.138. The highest BCUT2D eigenvalue weighted by Gasteiger charge is 2.57. The van der Waals surface area contributed by atoms with Crippen LogP contribution in [-0.4, -0.2) is 44.1 Å². The van der Waals surface area contributed by atoms with Crippen molar-refractivity contribution < 1.29 is 26.7 Å². The largest absolute Gasteiger partial charge is 0.418 e. The maximum Gasteiger partial charge on any atom is 0.418 e. The van der Waals surface area contributed by atoms with Gasteiger partial charge in [0.05, 0.1) is 22.9 Å². The van der Waals surface area contributed by atoms with Crippen LogP contribution in [0, 0.1) is 0 Å². The number of aliphatic hydroxyl groups is 1. The zero-order valence-electron chi connectivity index (χ0n) is 11.4. The summed E-state index contributed by atoms with van der Waals surface area (Å²) in [7, 11) is -3.54. The summed E-state index contributed by atoms with van der Waals surface area (Å²) in [5, 5.41) is 9.69. The fourth-order valence-electron chi connectivity index (χ4n) is 2.37. The lowest BCUT2D eigenvalue weighted by Gasteiger charge is -2.27. The number of nitrogens with zero attached hydrogens (tertiary/aromatic N) is 1. The van der Waals surface area contributed by atoms with Crippen molar-refractivity contribution in [3.63, 3.8) is 0 Å². The summed E-state index contributed by atoms with van der Waals surface area (Å²) in [6.45, 7) is 0.765. The van der Waals surface area contributed by atoms with Gasteiger partial charge in [0.25, 0.3) is 0 Å². The third-order valence-electron chi connectivity index (χ3n) is 3.70. The van der Waals surface area contributed by atoms with Crippen molar-refractivity contribution in [3.8, 4) is 0 Å². The van der Waals surface area contributed by atoms with E-state index in [0.29, 0.717) is 0 Å². The van der Waals surface area contributed by atoms with Gasteiger partial charge in [-0.3, -0.25) is 0 Å². The van der Waals surface area contributed by atoms with Crippen molar-refractivity contribution in [3.05, 3.63) is 24.3 Å². The van der Waals surface area contributed by atoms with Crippen LogP contribution >= 0.6 is 0 Å². The Balaban J connectivity index is 2.38. The number of rotatable bonds is 3. The molecule has 1 saturated heterocycles. The summed E-state index contributed by atoms with van der Waals surface area (Å²) in [4.78, 5) is 1.27. The highest BCUT2D eigenvalue weighted by Crippen LogP contribution is 2.40. The fourth-order valence-corrected chi connectivity index (χ4v) is 3.48. The highest BCUT2D eigenvalue weighted by molar-refractivity contribution is 7.91. The monoisotopic (exact) mass is 323 g/mol. The molecule has 1 aliphatic heterocycles. The molecule has 1 heterocycles. The molecule has 0 saturated carbocycles. The minimum absolute atomic E-state index is 0.000996. The van der Waals surface area contributed by atoms with Gasteiger partial charge in [0.15, 0.2) is 15.4 Å². The predicted octanol–water partition coefficient (Wildman–Crippen LogP) is 1.98. The molecule has 0 aromatic heterocycles. The van der Waals surface area contributed by atoms with Gasteiger partial charge < -0.3 is 10.0 Å². The van der Waals surface area contributed by atoms with Crippen LogP contribution < -0.4 is 4.90 Å². The molecule has 0 aliphatic carbocycles. The first-order chi connectivity index (χ1) is 9.61. The molecule has 0 bridgehead atoms. The molecule has 21 heavy (non-hydrogen) atoms. The van der Waals surface area contributed by atoms with Crippen LogP contribution in [0.3, 0.4) is 0 Å². The molecule has 0 unspecified atom stereocenters. The minimum Gasteiger partial charge on any atom is -0.379 e. The molecule has 0 radical (unpaired) electrons. The zero-order valence-corrected chi connectivity index (χ0v) is 12.2. The number of benzene rings is 1. The lowest BCUT2D eigenvalue weighted by molar-refractivity contribution is -0.250. The number of para-hydroxylation sites is 1. The van der Waals surface area contributed by atoms with E-state index in [4.69, 9.17) is 0 Å². The van der Waals surface area contributed by atoms with Crippen molar-refractivity contribution >= 4 is 15.5 Å². The van der Waals surface area contributed by atoms with Gasteiger partial charge in [0.1, 0.15) is 0 Å². The second-order valence-corrected chi connectivity index (χ2v) is 7.32. The van der Waals surface area contributed by atoms with Crippen LogP contribution in [0.5, 0.6) is 0 Å². The van der Waals surface area contributed by atoms with Gasteiger partial charge in [-0.05, 0) is 12.1 Å². The van der Waals surface area contributed by atoms with Gasteiger partial charge in [-0.1, -0.05) is 19.1 Å². The van der Waals surface area contributed by atoms with Crippen molar-refractivity contribution in [2.24, 2.45) is 0 Å². The van der Waals surface area contributed by atoms with Crippen molar-refractivity contribution in [2.75, 3.05) is 23.7 Å². The molecule has 4 nitrogen and oxygen atoms in total. The Kier molecular flexibility index (Phi) is 3.96. The van der Waals surface area contributed by atoms with E-state index in [0.717, 1.165) is 0 Å². The molecule has 8 heteroatoms. The van der Waals surface area contributed by atoms with Crippen LogP contribution in [0.4, 0.5) is 18.9 Å². The lowest BCUT2D eigenvalue weighted by atomic mass is 10.0. The number of anilines is 1. The lowest BCUT2D eigenvalue weighted by Crippen LogP contribution is -2.47. The molecule has 1 aromatic rings. The Morgan fingerprint density at radius 1 is 1.33 bits per heavy atom. The smallest absolute Gasteiger partial charge is 0.379 e. The quantitative estimate of drug-likeness (QED) is 0.924. The van der Waals surface area contributed by atoms with Crippen LogP contribution in [0.25, 0.3) is 0 Å². The summed E-state index contributed by atoms with van der Waals surface area (Å²) < 4.78 is 62.6. The Morgan fingerprint density at radius 2 is 1.95 bits per heavy atom. The number of β-amino-alcohol motifs (C(OH)–C–C–N with tert-alkyl or cyclic N) is 1. The van der Waals surface area contributed by atoms with E-state index in [1.807, 2.05) is 0 Å². The van der Waals surface area contributed by atoms with Crippen LogP contribution in [0.2, 0.25) is 0 Å². The van der Waals surface area contributed by atoms with Crippen LogP contribution in [0.15, 0.2) is 29.2 Å². The van der Waals surface area contributed by atoms with E-state index >= 15 is 0 Å². The van der Waals surface area contributed by atoms with Crippen molar-refractivity contribution in [1.82, 2.24) is 0 Å². The summed E-state index contributed by atoms with van der Waals surface area (Å²) in [6.07, 6.45) is -5.21. The third kappa shape index (κ3) is 2.87. The summed E-state index contributed by atoms with van der Waals surface area (Å²) in [6, 6.07) is 5.93. The zero-order chi connectivity index (χ0) is 15.9. The Hall–Kier alpha value is -1.28. The molecule has 0 amide bonds. The molecule has 1 fully saturated rings. The maximum atomic E-state index is 12.8. The second kappa shape index (κ2) is 5.17. The van der Waals surface area contributed by atoms with Gasteiger partial charge in [-0.15, -0.1) is 0 Å². The number of halogens is 3. The third-order valence-corrected chi connectivity index (χ3v) is 5.47. The van der Waals surface area contributed by atoms with E-state index in [2.05, 4.69) is 0 Å². The van der Waals surface area contributed by atoms with Gasteiger partial charge in [0.2, 0.25) is 0 Å². The van der Waals surface area contributed by atoms with E-state index in [-0.39, 0.29) is 22.9 Å². The summed E-state index contributed by atoms with van der Waals surface area (Å²) >= 11 is 0. The number of hydrogen-bond donors (Lipinski definition) is 1. The number of hydrogen-bond acceptors (Lipinski definition) is 4. The van der Waals surface area contributed by atoms with Gasteiger partial charge in [0, 0.05) is 13.0 Å². The molecule has 1 aromatic carbocycles. The molecular formula is C13H16F3NO3S. The average molecular weight is 323 g/mol. The number of sulfone groups is 1. The first kappa shape index (κ1) is 16.1. The molecule has 1 aliphatic rings. The second-order valence-electron chi connectivity index (χ2n) is 5.07. The van der Waals surface area contributed by atoms with Crippen molar-refractivity contribution in [2.45, 2.75) is 30.0 Å². The normalized spacial score (nSPS) is 23.6. The molecule has 118 valence electrons. The first-order valence-electron chi connectivity index (χ1n) is 6.46. The molecule has 1 N–H and O–H groups in total. The molecular weight excluding hydrogens is 307 g/mol. The minimum atomic E-state index is -4.74. The van der Waals surface area contributed by atoms with Gasteiger partial charge in [-0.25, -0.2) is 8.42 Å². The number of alkyl halides is 3. The molecule has 1 atom stereocenters.